The molecule has 0 N–H and O–H groups in total. The molecule has 3 atom stereocenters. The molecule has 0 radical (unpaired) electrons. The molecule has 2 amide bonds. The van der Waals surface area contributed by atoms with Crippen molar-refractivity contribution >= 4 is 11.8 Å². The molecule has 0 saturated carbocycles. The van der Waals surface area contributed by atoms with Crippen molar-refractivity contribution in [1.29, 1.82) is 0 Å². The van der Waals surface area contributed by atoms with Crippen LogP contribution in [-0.4, -0.2) is 56.6 Å². The van der Waals surface area contributed by atoms with Gasteiger partial charge in [-0.15, -0.1) is 0 Å². The van der Waals surface area contributed by atoms with Gasteiger partial charge in [-0.2, -0.15) is 5.10 Å². The average molecular weight is 395 g/mol. The van der Waals surface area contributed by atoms with Gasteiger partial charge in [-0.1, -0.05) is 43.2 Å². The van der Waals surface area contributed by atoms with Gasteiger partial charge in [-0.05, 0) is 24.5 Å². The van der Waals surface area contributed by atoms with E-state index in [4.69, 9.17) is 0 Å². The molecule has 2 aliphatic heterocycles. The Morgan fingerprint density at radius 3 is 2.62 bits per heavy atom. The molecular formula is C23H30N4O2. The molecule has 1 aromatic heterocycles. The molecule has 29 heavy (non-hydrogen) atoms. The Kier molecular flexibility index (Phi) is 5.97. The van der Waals surface area contributed by atoms with Crippen LogP contribution in [0.1, 0.15) is 50.5 Å². The number of aryl methyl sites for hydroxylation is 1. The van der Waals surface area contributed by atoms with Crippen LogP contribution in [0, 0.1) is 0 Å². The molecule has 0 aliphatic carbocycles. The van der Waals surface area contributed by atoms with Crippen molar-refractivity contribution in [3.63, 3.8) is 0 Å². The first-order chi connectivity index (χ1) is 14.1. The monoisotopic (exact) mass is 394 g/mol. The highest BCUT2D eigenvalue weighted by Gasteiger charge is 2.47. The number of carbonyl (C=O) groups excluding carboxylic acids is 2. The molecule has 154 valence electrons. The second-order valence-electron chi connectivity index (χ2n) is 8.20. The molecule has 6 nitrogen and oxygen atoms in total. The molecule has 2 saturated heterocycles. The van der Waals surface area contributed by atoms with E-state index in [0.29, 0.717) is 19.5 Å². The number of aromatic nitrogens is 2. The van der Waals surface area contributed by atoms with E-state index in [1.165, 1.54) is 5.56 Å². The second-order valence-corrected chi connectivity index (χ2v) is 8.20. The maximum absolute atomic E-state index is 13.2. The van der Waals surface area contributed by atoms with Crippen LogP contribution >= 0.6 is 0 Å². The van der Waals surface area contributed by atoms with Crippen LogP contribution in [0.2, 0.25) is 0 Å². The first-order valence-electron chi connectivity index (χ1n) is 10.7. The number of carbonyl (C=O) groups is 2. The summed E-state index contributed by atoms with van der Waals surface area (Å²) in [6, 6.07) is 12.4. The quantitative estimate of drug-likeness (QED) is 0.801. The van der Waals surface area contributed by atoms with Gasteiger partial charge in [-0.3, -0.25) is 14.3 Å². The van der Waals surface area contributed by atoms with Gasteiger partial charge in [0.05, 0.1) is 12.1 Å². The summed E-state index contributed by atoms with van der Waals surface area (Å²) in [6.07, 6.45) is 8.28. The maximum atomic E-state index is 13.2. The summed E-state index contributed by atoms with van der Waals surface area (Å²) in [5.74, 6) is 0.448. The minimum atomic E-state index is 0.0591. The molecule has 4 rings (SSSR count). The first-order valence-corrected chi connectivity index (χ1v) is 10.7. The topological polar surface area (TPSA) is 58.4 Å². The summed E-state index contributed by atoms with van der Waals surface area (Å²) in [6.45, 7) is 3.73. The fourth-order valence-electron chi connectivity index (χ4n) is 5.06. The van der Waals surface area contributed by atoms with E-state index in [0.717, 1.165) is 32.2 Å². The zero-order valence-electron chi connectivity index (χ0n) is 17.1. The summed E-state index contributed by atoms with van der Waals surface area (Å²) in [5.41, 5.74) is 1.22. The number of nitrogens with zero attached hydrogens (tertiary/aromatic N) is 4. The number of benzene rings is 1. The summed E-state index contributed by atoms with van der Waals surface area (Å²) in [5, 5.41) is 4.21. The van der Waals surface area contributed by atoms with Gasteiger partial charge in [0.1, 0.15) is 0 Å². The summed E-state index contributed by atoms with van der Waals surface area (Å²) >= 11 is 0. The Balaban J connectivity index is 1.61. The standard InChI is InChI=1S/C23H30N4O2/c1-18(28)26-15-7-3-6-11-21-23(26)20(19-9-4-2-5-10-19)17-27(21)22(29)12-16-25-14-8-13-24-25/h2,4-5,8-10,13-14,20-21,23H,3,6-7,11-12,15-17H2,1H3/t20-,21+,23-/m0/s1. The van der Waals surface area contributed by atoms with Crippen molar-refractivity contribution in [2.24, 2.45) is 0 Å². The van der Waals surface area contributed by atoms with Crippen LogP contribution in [0.3, 0.4) is 0 Å². The largest absolute Gasteiger partial charge is 0.337 e. The molecule has 3 heterocycles. The average Bonchev–Trinajstić information content (AvgIpc) is 3.35. The van der Waals surface area contributed by atoms with Crippen molar-refractivity contribution in [2.45, 2.75) is 63.6 Å². The number of fused-ring (bicyclic) bond motifs is 1. The first kappa shape index (κ1) is 19.7. The number of hydrogen-bond donors (Lipinski definition) is 0. The number of amides is 2. The molecule has 0 bridgehead atoms. The van der Waals surface area contributed by atoms with Gasteiger partial charge in [0, 0.05) is 51.3 Å². The molecule has 0 spiro atoms. The number of likely N-dealkylation sites (tertiary alicyclic amines) is 2. The predicted octanol–water partition coefficient (Wildman–Crippen LogP) is 3.06. The Morgan fingerprint density at radius 2 is 1.90 bits per heavy atom. The van der Waals surface area contributed by atoms with E-state index in [1.807, 2.05) is 35.4 Å². The molecule has 1 aromatic carbocycles. The van der Waals surface area contributed by atoms with Crippen LogP contribution in [0.25, 0.3) is 0 Å². The van der Waals surface area contributed by atoms with Gasteiger partial charge in [0.15, 0.2) is 0 Å². The van der Waals surface area contributed by atoms with E-state index in [9.17, 15) is 9.59 Å². The lowest BCUT2D eigenvalue weighted by atomic mass is 9.87. The van der Waals surface area contributed by atoms with Crippen LogP contribution in [0.15, 0.2) is 48.8 Å². The fourth-order valence-corrected chi connectivity index (χ4v) is 5.06. The second kappa shape index (κ2) is 8.80. The zero-order chi connectivity index (χ0) is 20.2. The normalized spacial score (nSPS) is 24.7. The maximum Gasteiger partial charge on any atom is 0.224 e. The molecular weight excluding hydrogens is 364 g/mol. The highest BCUT2D eigenvalue weighted by atomic mass is 16.2. The minimum Gasteiger partial charge on any atom is -0.337 e. The van der Waals surface area contributed by atoms with Crippen LogP contribution in [-0.2, 0) is 16.1 Å². The van der Waals surface area contributed by atoms with E-state index >= 15 is 0 Å². The van der Waals surface area contributed by atoms with Crippen LogP contribution in [0.5, 0.6) is 0 Å². The molecule has 0 unspecified atom stereocenters. The number of hydrogen-bond acceptors (Lipinski definition) is 3. The van der Waals surface area contributed by atoms with Crippen molar-refractivity contribution in [3.05, 3.63) is 54.4 Å². The third-order valence-corrected chi connectivity index (χ3v) is 6.43. The zero-order valence-corrected chi connectivity index (χ0v) is 17.1. The van der Waals surface area contributed by atoms with E-state index < -0.39 is 0 Å². The highest BCUT2D eigenvalue weighted by molar-refractivity contribution is 5.78. The van der Waals surface area contributed by atoms with Crippen LogP contribution < -0.4 is 0 Å². The van der Waals surface area contributed by atoms with Gasteiger partial charge < -0.3 is 9.80 Å². The minimum absolute atomic E-state index is 0.0591. The number of rotatable bonds is 4. The predicted molar refractivity (Wildman–Crippen MR) is 111 cm³/mol. The Morgan fingerprint density at radius 1 is 1.07 bits per heavy atom. The lowest BCUT2D eigenvalue weighted by molar-refractivity contribution is -0.137. The van der Waals surface area contributed by atoms with E-state index in [1.54, 1.807) is 17.8 Å². The van der Waals surface area contributed by atoms with E-state index in [2.05, 4.69) is 22.1 Å². The fraction of sp³-hybridized carbons (Fsp3) is 0.522. The third kappa shape index (κ3) is 4.21. The highest BCUT2D eigenvalue weighted by Crippen LogP contribution is 2.39. The smallest absolute Gasteiger partial charge is 0.224 e. The van der Waals surface area contributed by atoms with Gasteiger partial charge >= 0.3 is 0 Å². The van der Waals surface area contributed by atoms with Crippen molar-refractivity contribution in [1.82, 2.24) is 19.6 Å². The molecule has 2 aromatic rings. The Bertz CT molecular complexity index is 821. The van der Waals surface area contributed by atoms with E-state index in [-0.39, 0.29) is 29.8 Å². The molecule has 6 heteroatoms. The molecule has 2 fully saturated rings. The van der Waals surface area contributed by atoms with Crippen molar-refractivity contribution in [3.8, 4) is 0 Å². The third-order valence-electron chi connectivity index (χ3n) is 6.43. The Hall–Kier alpha value is -2.63. The lowest BCUT2D eigenvalue weighted by Gasteiger charge is -2.38. The van der Waals surface area contributed by atoms with Gasteiger partial charge in [0.25, 0.3) is 0 Å². The molecule has 2 aliphatic rings. The van der Waals surface area contributed by atoms with Crippen molar-refractivity contribution in [2.75, 3.05) is 13.1 Å². The SMILES string of the molecule is CC(=O)N1CCCCC[C@@H]2[C@@H]1[C@H](c1ccccc1)CN2C(=O)CCn1cccn1. The summed E-state index contributed by atoms with van der Waals surface area (Å²) in [4.78, 5) is 29.9. The van der Waals surface area contributed by atoms with Crippen molar-refractivity contribution < 1.29 is 9.59 Å². The van der Waals surface area contributed by atoms with Gasteiger partial charge in [0.2, 0.25) is 11.8 Å². The van der Waals surface area contributed by atoms with Gasteiger partial charge in [-0.25, -0.2) is 0 Å². The lowest BCUT2D eigenvalue weighted by Crippen LogP contribution is -2.51. The Labute approximate surface area is 172 Å². The summed E-state index contributed by atoms with van der Waals surface area (Å²) < 4.78 is 1.81. The summed E-state index contributed by atoms with van der Waals surface area (Å²) in [7, 11) is 0. The van der Waals surface area contributed by atoms with Crippen LogP contribution in [0.4, 0.5) is 0 Å².